The third kappa shape index (κ3) is 3.94. The Morgan fingerprint density at radius 2 is 2.21 bits per heavy atom. The third-order valence-electron chi connectivity index (χ3n) is 3.73. The van der Waals surface area contributed by atoms with Crippen molar-refractivity contribution in [1.82, 2.24) is 4.90 Å². The first kappa shape index (κ1) is 15.3. The summed E-state index contributed by atoms with van der Waals surface area (Å²) in [5.74, 6) is 0. The Balaban J connectivity index is 2.22. The predicted molar refractivity (Wildman–Crippen MR) is 85.6 cm³/mol. The van der Waals surface area contributed by atoms with Crippen LogP contribution >= 0.6 is 27.5 Å². The zero-order valence-corrected chi connectivity index (χ0v) is 13.8. The second kappa shape index (κ2) is 7.07. The first-order valence-corrected chi connectivity index (χ1v) is 8.25. The normalized spacial score (nSPS) is 16.9. The molecule has 2 nitrogen and oxygen atoms in total. The van der Waals surface area contributed by atoms with Crippen molar-refractivity contribution < 1.29 is 0 Å². The highest BCUT2D eigenvalue weighted by molar-refractivity contribution is 9.10. The fourth-order valence-electron chi connectivity index (χ4n) is 2.55. The quantitative estimate of drug-likeness (QED) is 0.795. The zero-order chi connectivity index (χ0) is 13.8. The molecule has 0 bridgehead atoms. The van der Waals surface area contributed by atoms with Crippen LogP contribution < -0.4 is 5.73 Å². The van der Waals surface area contributed by atoms with E-state index < -0.39 is 0 Å². The average Bonchev–Trinajstić information content (AvgIpc) is 3.22. The van der Waals surface area contributed by atoms with E-state index in [1.807, 2.05) is 12.1 Å². The van der Waals surface area contributed by atoms with Gasteiger partial charge >= 0.3 is 0 Å². The molecule has 1 aromatic rings. The van der Waals surface area contributed by atoms with Crippen molar-refractivity contribution in [2.45, 2.75) is 44.7 Å². The lowest BCUT2D eigenvalue weighted by molar-refractivity contribution is 0.188. The molecule has 0 aromatic heterocycles. The fraction of sp³-hybridized carbons (Fsp3) is 0.600. The molecule has 1 aliphatic carbocycles. The van der Waals surface area contributed by atoms with Crippen LogP contribution in [0.5, 0.6) is 0 Å². The second-order valence-corrected chi connectivity index (χ2v) is 6.56. The first-order chi connectivity index (χ1) is 9.17. The topological polar surface area (TPSA) is 29.3 Å². The van der Waals surface area contributed by atoms with Crippen LogP contribution in [0.4, 0.5) is 0 Å². The van der Waals surface area contributed by atoms with Crippen LogP contribution in [0.3, 0.4) is 0 Å². The highest BCUT2D eigenvalue weighted by Crippen LogP contribution is 2.37. The van der Waals surface area contributed by atoms with E-state index in [0.29, 0.717) is 12.6 Å². The number of benzene rings is 1. The van der Waals surface area contributed by atoms with Gasteiger partial charge in [0.2, 0.25) is 0 Å². The molecule has 0 heterocycles. The van der Waals surface area contributed by atoms with Crippen LogP contribution in [0.2, 0.25) is 5.02 Å². The summed E-state index contributed by atoms with van der Waals surface area (Å²) in [6.45, 7) is 3.97. The molecule has 1 fully saturated rings. The Bertz CT molecular complexity index is 421. The SMILES string of the molecule is CCCCN(C1CC1)C(CN)c1cc(Br)ccc1Cl. The van der Waals surface area contributed by atoms with E-state index in [9.17, 15) is 0 Å². The molecule has 1 unspecified atom stereocenters. The summed E-state index contributed by atoms with van der Waals surface area (Å²) < 4.78 is 1.07. The van der Waals surface area contributed by atoms with Crippen molar-refractivity contribution in [1.29, 1.82) is 0 Å². The number of rotatable bonds is 7. The molecule has 0 aliphatic heterocycles. The van der Waals surface area contributed by atoms with Crippen LogP contribution in [0.15, 0.2) is 22.7 Å². The summed E-state index contributed by atoms with van der Waals surface area (Å²) in [6, 6.07) is 6.99. The summed E-state index contributed by atoms with van der Waals surface area (Å²) in [5.41, 5.74) is 7.20. The minimum atomic E-state index is 0.240. The maximum Gasteiger partial charge on any atom is 0.0488 e. The Morgan fingerprint density at radius 3 is 2.79 bits per heavy atom. The van der Waals surface area contributed by atoms with E-state index >= 15 is 0 Å². The summed E-state index contributed by atoms with van der Waals surface area (Å²) in [5, 5.41) is 0.820. The standard InChI is InChI=1S/C15H22BrClN2/c1-2-3-8-19(12-5-6-12)15(10-18)13-9-11(16)4-7-14(13)17/h4,7,9,12,15H,2-3,5-6,8,10,18H2,1H3. The van der Waals surface area contributed by atoms with Gasteiger partial charge in [-0.3, -0.25) is 4.90 Å². The number of unbranched alkanes of at least 4 members (excludes halogenated alkanes) is 1. The van der Waals surface area contributed by atoms with Gasteiger partial charge in [-0.2, -0.15) is 0 Å². The summed E-state index contributed by atoms with van der Waals surface area (Å²) in [4.78, 5) is 2.55. The monoisotopic (exact) mass is 344 g/mol. The molecule has 1 atom stereocenters. The zero-order valence-electron chi connectivity index (χ0n) is 11.4. The van der Waals surface area contributed by atoms with Gasteiger partial charge in [-0.25, -0.2) is 0 Å². The molecule has 4 heteroatoms. The minimum absolute atomic E-state index is 0.240. The molecule has 0 radical (unpaired) electrons. The van der Waals surface area contributed by atoms with E-state index in [4.69, 9.17) is 17.3 Å². The van der Waals surface area contributed by atoms with Crippen molar-refractivity contribution in [2.24, 2.45) is 5.73 Å². The summed E-state index contributed by atoms with van der Waals surface area (Å²) in [7, 11) is 0. The van der Waals surface area contributed by atoms with Gasteiger partial charge in [0.25, 0.3) is 0 Å². The van der Waals surface area contributed by atoms with Gasteiger partial charge in [0.1, 0.15) is 0 Å². The number of nitrogens with two attached hydrogens (primary N) is 1. The van der Waals surface area contributed by atoms with Crippen LogP contribution in [-0.2, 0) is 0 Å². The Hall–Kier alpha value is -0.0900. The Labute approximate surface area is 129 Å². The molecule has 2 rings (SSSR count). The Kier molecular flexibility index (Phi) is 5.70. The van der Waals surface area contributed by atoms with E-state index in [1.54, 1.807) is 0 Å². The fourth-order valence-corrected chi connectivity index (χ4v) is 3.17. The number of halogens is 2. The molecule has 19 heavy (non-hydrogen) atoms. The van der Waals surface area contributed by atoms with Gasteiger partial charge < -0.3 is 5.73 Å². The van der Waals surface area contributed by atoms with Crippen molar-refractivity contribution in [3.05, 3.63) is 33.3 Å². The largest absolute Gasteiger partial charge is 0.329 e. The molecular formula is C15H22BrClN2. The molecule has 0 saturated heterocycles. The van der Waals surface area contributed by atoms with Gasteiger partial charge in [0.15, 0.2) is 0 Å². The maximum absolute atomic E-state index is 6.37. The lowest BCUT2D eigenvalue weighted by Crippen LogP contribution is -2.36. The third-order valence-corrected chi connectivity index (χ3v) is 4.56. The molecule has 1 aromatic carbocycles. The number of hydrogen-bond acceptors (Lipinski definition) is 2. The molecule has 0 spiro atoms. The lowest BCUT2D eigenvalue weighted by atomic mass is 10.0. The highest BCUT2D eigenvalue weighted by atomic mass is 79.9. The molecule has 1 saturated carbocycles. The molecule has 1 aliphatic rings. The smallest absolute Gasteiger partial charge is 0.0488 e. The number of hydrogen-bond donors (Lipinski definition) is 1. The first-order valence-electron chi connectivity index (χ1n) is 7.08. The van der Waals surface area contributed by atoms with Crippen molar-refractivity contribution in [2.75, 3.05) is 13.1 Å². The molecular weight excluding hydrogens is 324 g/mol. The molecule has 106 valence electrons. The van der Waals surface area contributed by atoms with E-state index in [2.05, 4.69) is 33.8 Å². The van der Waals surface area contributed by atoms with Gasteiger partial charge in [-0.05, 0) is 49.6 Å². The average molecular weight is 346 g/mol. The van der Waals surface area contributed by atoms with Gasteiger partial charge in [-0.15, -0.1) is 0 Å². The molecule has 2 N–H and O–H groups in total. The van der Waals surface area contributed by atoms with Gasteiger partial charge in [0, 0.05) is 28.1 Å². The van der Waals surface area contributed by atoms with Crippen molar-refractivity contribution in [3.8, 4) is 0 Å². The van der Waals surface area contributed by atoms with Crippen LogP contribution in [0.25, 0.3) is 0 Å². The summed E-state index contributed by atoms with van der Waals surface area (Å²) >= 11 is 9.90. The maximum atomic E-state index is 6.37. The van der Waals surface area contributed by atoms with E-state index in [1.165, 1.54) is 25.7 Å². The lowest BCUT2D eigenvalue weighted by Gasteiger charge is -2.32. The van der Waals surface area contributed by atoms with Crippen LogP contribution in [-0.4, -0.2) is 24.0 Å². The minimum Gasteiger partial charge on any atom is -0.329 e. The molecule has 0 amide bonds. The van der Waals surface area contributed by atoms with Gasteiger partial charge in [0.05, 0.1) is 0 Å². The van der Waals surface area contributed by atoms with Crippen LogP contribution in [0.1, 0.15) is 44.2 Å². The number of nitrogens with zero attached hydrogens (tertiary/aromatic N) is 1. The second-order valence-electron chi connectivity index (χ2n) is 5.24. The van der Waals surface area contributed by atoms with Crippen LogP contribution in [0, 0.1) is 0 Å². The van der Waals surface area contributed by atoms with Crippen molar-refractivity contribution >= 4 is 27.5 Å². The predicted octanol–water partition coefficient (Wildman–Crippen LogP) is 4.37. The van der Waals surface area contributed by atoms with Crippen molar-refractivity contribution in [3.63, 3.8) is 0 Å². The van der Waals surface area contributed by atoms with E-state index in [-0.39, 0.29) is 6.04 Å². The highest BCUT2D eigenvalue weighted by Gasteiger charge is 2.34. The van der Waals surface area contributed by atoms with E-state index in [0.717, 1.165) is 21.6 Å². The Morgan fingerprint density at radius 1 is 1.47 bits per heavy atom. The van der Waals surface area contributed by atoms with Gasteiger partial charge in [-0.1, -0.05) is 40.9 Å². The summed E-state index contributed by atoms with van der Waals surface area (Å²) in [6.07, 6.45) is 5.03.